The highest BCUT2D eigenvalue weighted by molar-refractivity contribution is 7.09. The van der Waals surface area contributed by atoms with Gasteiger partial charge in [-0.1, -0.05) is 0 Å². The Labute approximate surface area is 112 Å². The summed E-state index contributed by atoms with van der Waals surface area (Å²) in [5.41, 5.74) is 2.75. The number of rotatable bonds is 2. The third-order valence-corrected chi connectivity index (χ3v) is 5.08. The van der Waals surface area contributed by atoms with Gasteiger partial charge in [0.2, 0.25) is 0 Å². The normalized spacial score (nSPS) is 33.3. The fraction of sp³-hybridized carbons (Fsp3) is 0.769. The molecule has 2 fully saturated rings. The molecule has 3 heterocycles. The number of piperidine rings is 1. The number of hydrogen-bond acceptors (Lipinski definition) is 5. The van der Waals surface area contributed by atoms with Crippen molar-refractivity contribution in [2.24, 2.45) is 0 Å². The Morgan fingerprint density at radius 3 is 3.22 bits per heavy atom. The van der Waals surface area contributed by atoms with E-state index >= 15 is 0 Å². The lowest BCUT2D eigenvalue weighted by atomic mass is 9.87. The van der Waals surface area contributed by atoms with E-state index in [1.165, 1.54) is 4.88 Å². The fourth-order valence-corrected chi connectivity index (χ4v) is 3.87. The van der Waals surface area contributed by atoms with E-state index in [0.717, 1.165) is 51.2 Å². The summed E-state index contributed by atoms with van der Waals surface area (Å²) in [7, 11) is 0. The number of aliphatic hydroxyl groups is 1. The molecule has 0 aromatic carbocycles. The monoisotopic (exact) mass is 268 g/mol. The van der Waals surface area contributed by atoms with E-state index in [9.17, 15) is 5.11 Å². The molecule has 2 aliphatic rings. The van der Waals surface area contributed by atoms with Gasteiger partial charge < -0.3 is 9.84 Å². The number of ether oxygens (including phenoxy) is 1. The fourth-order valence-electron chi connectivity index (χ4n) is 3.05. The number of hydrogen-bond donors (Lipinski definition) is 1. The van der Waals surface area contributed by atoms with E-state index in [0.29, 0.717) is 0 Å². The molecule has 0 saturated carbocycles. The molecule has 2 atom stereocenters. The molecule has 1 aromatic rings. The maximum absolute atomic E-state index is 10.2. The molecule has 3 rings (SSSR count). The van der Waals surface area contributed by atoms with Gasteiger partial charge in [0.15, 0.2) is 0 Å². The molecule has 0 unspecified atom stereocenters. The van der Waals surface area contributed by atoms with Crippen molar-refractivity contribution in [3.63, 3.8) is 0 Å². The van der Waals surface area contributed by atoms with Gasteiger partial charge in [-0.2, -0.15) is 0 Å². The van der Waals surface area contributed by atoms with Crippen LogP contribution in [0.5, 0.6) is 0 Å². The summed E-state index contributed by atoms with van der Waals surface area (Å²) in [6, 6.07) is 0. The topological polar surface area (TPSA) is 45.6 Å². The van der Waals surface area contributed by atoms with Crippen LogP contribution in [0.15, 0.2) is 5.51 Å². The van der Waals surface area contributed by atoms with Crippen LogP contribution >= 0.6 is 11.3 Å². The molecular formula is C13H20N2O2S. The molecule has 0 aliphatic carbocycles. The summed E-state index contributed by atoms with van der Waals surface area (Å²) in [4.78, 5) is 8.03. The Bertz CT molecular complexity index is 415. The molecule has 0 amide bonds. The van der Waals surface area contributed by atoms with Gasteiger partial charge in [0.25, 0.3) is 0 Å². The third kappa shape index (κ3) is 2.20. The molecule has 100 valence electrons. The maximum atomic E-state index is 10.2. The van der Waals surface area contributed by atoms with E-state index in [4.69, 9.17) is 4.74 Å². The van der Waals surface area contributed by atoms with Crippen LogP contribution < -0.4 is 0 Å². The molecular weight excluding hydrogens is 248 g/mol. The van der Waals surface area contributed by atoms with Crippen molar-refractivity contribution < 1.29 is 9.84 Å². The first-order valence-corrected chi connectivity index (χ1v) is 7.51. The van der Waals surface area contributed by atoms with Crippen molar-refractivity contribution >= 4 is 11.3 Å². The Kier molecular flexibility index (Phi) is 3.40. The first kappa shape index (κ1) is 12.5. The van der Waals surface area contributed by atoms with Gasteiger partial charge in [0.05, 0.1) is 17.3 Å². The second-order valence-corrected chi connectivity index (χ2v) is 6.33. The molecule has 1 aromatic heterocycles. The Balaban J connectivity index is 1.70. The van der Waals surface area contributed by atoms with Crippen LogP contribution in [-0.4, -0.2) is 46.4 Å². The van der Waals surface area contributed by atoms with Gasteiger partial charge in [0.1, 0.15) is 5.60 Å². The Morgan fingerprint density at radius 1 is 1.67 bits per heavy atom. The third-order valence-electron chi connectivity index (χ3n) is 4.16. The molecule has 0 bridgehead atoms. The quantitative estimate of drug-likeness (QED) is 0.884. The summed E-state index contributed by atoms with van der Waals surface area (Å²) >= 11 is 1.72. The minimum atomic E-state index is -0.295. The number of nitrogens with zero attached hydrogens (tertiary/aromatic N) is 2. The molecule has 1 spiro atoms. The largest absolute Gasteiger partial charge is 0.390 e. The zero-order valence-electron chi connectivity index (χ0n) is 10.8. The SMILES string of the molecule is Cc1ncsc1CN1CC[C@H](O)[C@]2(CCCO2)C1. The molecule has 4 nitrogen and oxygen atoms in total. The predicted octanol–water partition coefficient (Wildman–Crippen LogP) is 1.57. The van der Waals surface area contributed by atoms with E-state index in [-0.39, 0.29) is 11.7 Å². The van der Waals surface area contributed by atoms with Crippen LogP contribution in [0, 0.1) is 6.92 Å². The van der Waals surface area contributed by atoms with Crippen molar-refractivity contribution in [2.75, 3.05) is 19.7 Å². The molecule has 2 aliphatic heterocycles. The predicted molar refractivity (Wildman–Crippen MR) is 70.7 cm³/mol. The summed E-state index contributed by atoms with van der Waals surface area (Å²) in [5, 5.41) is 10.2. The average molecular weight is 268 g/mol. The molecule has 0 radical (unpaired) electrons. The van der Waals surface area contributed by atoms with Gasteiger partial charge in [-0.05, 0) is 26.2 Å². The number of aryl methyl sites for hydroxylation is 1. The smallest absolute Gasteiger partial charge is 0.107 e. The van der Waals surface area contributed by atoms with Crippen LogP contribution in [0.2, 0.25) is 0 Å². The van der Waals surface area contributed by atoms with E-state index < -0.39 is 0 Å². The van der Waals surface area contributed by atoms with Crippen molar-refractivity contribution in [3.05, 3.63) is 16.1 Å². The van der Waals surface area contributed by atoms with Gasteiger partial charge in [-0.25, -0.2) is 4.98 Å². The molecule has 2 saturated heterocycles. The second-order valence-electron chi connectivity index (χ2n) is 5.39. The summed E-state index contributed by atoms with van der Waals surface area (Å²) in [5.74, 6) is 0. The first-order valence-electron chi connectivity index (χ1n) is 6.63. The minimum Gasteiger partial charge on any atom is -0.390 e. The molecule has 5 heteroatoms. The first-order chi connectivity index (χ1) is 8.70. The Morgan fingerprint density at radius 2 is 2.56 bits per heavy atom. The van der Waals surface area contributed by atoms with Gasteiger partial charge in [-0.15, -0.1) is 11.3 Å². The highest BCUT2D eigenvalue weighted by Gasteiger charge is 2.46. The van der Waals surface area contributed by atoms with Crippen molar-refractivity contribution in [1.82, 2.24) is 9.88 Å². The number of likely N-dealkylation sites (tertiary alicyclic amines) is 1. The van der Waals surface area contributed by atoms with Crippen molar-refractivity contribution in [3.8, 4) is 0 Å². The zero-order valence-corrected chi connectivity index (χ0v) is 11.6. The molecule has 18 heavy (non-hydrogen) atoms. The van der Waals surface area contributed by atoms with Crippen molar-refractivity contribution in [2.45, 2.75) is 44.4 Å². The van der Waals surface area contributed by atoms with Gasteiger partial charge in [-0.3, -0.25) is 4.90 Å². The van der Waals surface area contributed by atoms with Gasteiger partial charge >= 0.3 is 0 Å². The lowest BCUT2D eigenvalue weighted by Gasteiger charge is -2.43. The van der Waals surface area contributed by atoms with Gasteiger partial charge in [0, 0.05) is 31.1 Å². The number of aromatic nitrogens is 1. The van der Waals surface area contributed by atoms with Crippen LogP contribution in [0.4, 0.5) is 0 Å². The summed E-state index contributed by atoms with van der Waals surface area (Å²) in [6.07, 6.45) is 2.59. The number of thiazole rings is 1. The molecule has 1 N–H and O–H groups in total. The van der Waals surface area contributed by atoms with Crippen LogP contribution in [0.25, 0.3) is 0 Å². The number of aliphatic hydroxyl groups excluding tert-OH is 1. The standard InChI is InChI=1S/C13H20N2O2S/c1-10-11(18-9-14-10)7-15-5-3-12(16)13(8-15)4-2-6-17-13/h9,12,16H,2-8H2,1H3/t12-,13-/m0/s1. The van der Waals surface area contributed by atoms with E-state index in [1.807, 2.05) is 5.51 Å². The van der Waals surface area contributed by atoms with E-state index in [2.05, 4.69) is 16.8 Å². The second kappa shape index (κ2) is 4.89. The highest BCUT2D eigenvalue weighted by atomic mass is 32.1. The van der Waals surface area contributed by atoms with Crippen LogP contribution in [0.1, 0.15) is 29.8 Å². The lowest BCUT2D eigenvalue weighted by Crippen LogP contribution is -2.56. The minimum absolute atomic E-state index is 0.293. The van der Waals surface area contributed by atoms with E-state index in [1.54, 1.807) is 11.3 Å². The van der Waals surface area contributed by atoms with Crippen molar-refractivity contribution in [1.29, 1.82) is 0 Å². The summed E-state index contributed by atoms with van der Waals surface area (Å²) in [6.45, 7) is 5.60. The Hall–Kier alpha value is -0.490. The average Bonchev–Trinajstić information content (AvgIpc) is 2.96. The highest BCUT2D eigenvalue weighted by Crippen LogP contribution is 2.35. The maximum Gasteiger partial charge on any atom is 0.107 e. The van der Waals surface area contributed by atoms with Crippen LogP contribution in [-0.2, 0) is 11.3 Å². The zero-order chi connectivity index (χ0) is 12.6. The summed E-state index contributed by atoms with van der Waals surface area (Å²) < 4.78 is 5.87. The van der Waals surface area contributed by atoms with Crippen LogP contribution in [0.3, 0.4) is 0 Å². The lowest BCUT2D eigenvalue weighted by molar-refractivity contribution is -0.132.